The van der Waals surface area contributed by atoms with E-state index in [0.717, 1.165) is 29.5 Å². The van der Waals surface area contributed by atoms with Crippen LogP contribution in [0, 0.1) is 0 Å². The molecular formula is C19H20N2O3. The van der Waals surface area contributed by atoms with Crippen LogP contribution in [0.25, 0.3) is 0 Å². The van der Waals surface area contributed by atoms with Gasteiger partial charge in [-0.3, -0.25) is 4.79 Å². The molecule has 0 bridgehead atoms. The quantitative estimate of drug-likeness (QED) is 0.907. The third kappa shape index (κ3) is 3.11. The monoisotopic (exact) mass is 324 g/mol. The maximum atomic E-state index is 12.3. The number of ether oxygens (including phenoxy) is 1. The molecule has 5 heteroatoms. The van der Waals surface area contributed by atoms with E-state index in [1.807, 2.05) is 54.6 Å². The summed E-state index contributed by atoms with van der Waals surface area (Å²) < 4.78 is 5.26. The highest BCUT2D eigenvalue weighted by molar-refractivity contribution is 5.90. The lowest BCUT2D eigenvalue weighted by atomic mass is 9.76. The smallest absolute Gasteiger partial charge is 0.408 e. The van der Waals surface area contributed by atoms with Crippen LogP contribution in [0.5, 0.6) is 0 Å². The number of hydrogen-bond donors (Lipinski definition) is 2. The lowest BCUT2D eigenvalue weighted by molar-refractivity contribution is -0.125. The Morgan fingerprint density at radius 2 is 1.79 bits per heavy atom. The molecule has 0 spiro atoms. The van der Waals surface area contributed by atoms with E-state index in [1.54, 1.807) is 0 Å². The largest absolute Gasteiger partial charge is 0.445 e. The summed E-state index contributed by atoms with van der Waals surface area (Å²) >= 11 is 0. The summed E-state index contributed by atoms with van der Waals surface area (Å²) in [5.41, 5.74) is 7.13. The van der Waals surface area contributed by atoms with Crippen LogP contribution in [0.15, 0.2) is 54.6 Å². The number of nitrogens with one attached hydrogen (secondary N) is 1. The summed E-state index contributed by atoms with van der Waals surface area (Å²) in [5, 5.41) is 2.72. The molecule has 24 heavy (non-hydrogen) atoms. The molecular weight excluding hydrogens is 304 g/mol. The maximum absolute atomic E-state index is 12.3. The van der Waals surface area contributed by atoms with Crippen LogP contribution >= 0.6 is 0 Å². The predicted molar refractivity (Wildman–Crippen MR) is 90.0 cm³/mol. The number of nitrogens with two attached hydrogens (primary N) is 1. The van der Waals surface area contributed by atoms with Crippen molar-refractivity contribution >= 4 is 12.0 Å². The van der Waals surface area contributed by atoms with Gasteiger partial charge in [0.2, 0.25) is 5.91 Å². The number of rotatable bonds is 4. The van der Waals surface area contributed by atoms with Crippen molar-refractivity contribution in [3.63, 3.8) is 0 Å². The number of amides is 2. The van der Waals surface area contributed by atoms with E-state index in [4.69, 9.17) is 10.5 Å². The van der Waals surface area contributed by atoms with Crippen LogP contribution in [0.2, 0.25) is 0 Å². The standard InChI is InChI=1S/C19H20N2O3/c20-17(22)19(12-6-10-15-9-4-5-11-16(15)19)21-18(23)24-13-14-7-2-1-3-8-14/h1-5,7-9,11H,6,10,12-13H2,(H2,20,22)(H,21,23)/t19-/m0/s1. The lowest BCUT2D eigenvalue weighted by Crippen LogP contribution is -2.56. The third-order valence-electron chi connectivity index (χ3n) is 4.42. The maximum Gasteiger partial charge on any atom is 0.408 e. The Labute approximate surface area is 140 Å². The fourth-order valence-corrected chi connectivity index (χ4v) is 3.21. The normalized spacial score (nSPS) is 19.2. The van der Waals surface area contributed by atoms with Crippen LogP contribution in [-0.4, -0.2) is 12.0 Å². The van der Waals surface area contributed by atoms with Crippen molar-refractivity contribution in [1.82, 2.24) is 5.32 Å². The highest BCUT2D eigenvalue weighted by atomic mass is 16.5. The van der Waals surface area contributed by atoms with Crippen LogP contribution < -0.4 is 11.1 Å². The zero-order chi connectivity index (χ0) is 17.0. The van der Waals surface area contributed by atoms with E-state index in [-0.39, 0.29) is 6.61 Å². The molecule has 3 rings (SSSR count). The minimum atomic E-state index is -1.21. The minimum absolute atomic E-state index is 0.142. The number of alkyl carbamates (subject to hydrolysis) is 1. The van der Waals surface area contributed by atoms with Crippen LogP contribution in [-0.2, 0) is 28.1 Å². The lowest BCUT2D eigenvalue weighted by Gasteiger charge is -2.36. The first kappa shape index (κ1) is 16.1. The van der Waals surface area contributed by atoms with Crippen LogP contribution in [0.1, 0.15) is 29.5 Å². The summed E-state index contributed by atoms with van der Waals surface area (Å²) in [6, 6.07) is 16.9. The number of primary amides is 1. The van der Waals surface area contributed by atoms with Crippen molar-refractivity contribution in [2.24, 2.45) is 5.73 Å². The summed E-state index contributed by atoms with van der Waals surface area (Å²) in [6.07, 6.45) is 1.47. The Bertz CT molecular complexity index is 745. The second kappa shape index (κ2) is 6.74. The molecule has 2 amide bonds. The zero-order valence-electron chi connectivity index (χ0n) is 13.3. The van der Waals surface area contributed by atoms with Gasteiger partial charge in [0, 0.05) is 0 Å². The second-order valence-electron chi connectivity index (χ2n) is 5.97. The number of aryl methyl sites for hydroxylation is 1. The SMILES string of the molecule is NC(=O)[C@]1(NC(=O)OCc2ccccc2)CCCc2ccccc21. The molecule has 0 aromatic heterocycles. The van der Waals surface area contributed by atoms with Gasteiger partial charge < -0.3 is 15.8 Å². The van der Waals surface area contributed by atoms with Gasteiger partial charge in [0.15, 0.2) is 0 Å². The molecule has 0 unspecified atom stereocenters. The number of carbonyl (C=O) groups is 2. The molecule has 1 aliphatic carbocycles. The highest BCUT2D eigenvalue weighted by Crippen LogP contribution is 2.35. The fraction of sp³-hybridized carbons (Fsp3) is 0.263. The summed E-state index contributed by atoms with van der Waals surface area (Å²) in [5.74, 6) is -0.564. The van der Waals surface area contributed by atoms with Crippen molar-refractivity contribution < 1.29 is 14.3 Å². The highest BCUT2D eigenvalue weighted by Gasteiger charge is 2.43. The van der Waals surface area contributed by atoms with E-state index in [0.29, 0.717) is 6.42 Å². The Morgan fingerprint density at radius 1 is 1.08 bits per heavy atom. The van der Waals surface area contributed by atoms with Gasteiger partial charge in [0.1, 0.15) is 12.1 Å². The Kier molecular flexibility index (Phi) is 4.51. The van der Waals surface area contributed by atoms with Crippen molar-refractivity contribution in [3.8, 4) is 0 Å². The minimum Gasteiger partial charge on any atom is -0.445 e. The Morgan fingerprint density at radius 3 is 2.54 bits per heavy atom. The molecule has 0 radical (unpaired) electrons. The zero-order valence-corrected chi connectivity index (χ0v) is 13.3. The fourth-order valence-electron chi connectivity index (χ4n) is 3.21. The van der Waals surface area contributed by atoms with Crippen molar-refractivity contribution in [2.75, 3.05) is 0 Å². The van der Waals surface area contributed by atoms with Gasteiger partial charge in [-0.25, -0.2) is 4.79 Å². The molecule has 0 saturated heterocycles. The molecule has 0 fully saturated rings. The van der Waals surface area contributed by atoms with Gasteiger partial charge in [-0.05, 0) is 36.0 Å². The summed E-state index contributed by atoms with van der Waals surface area (Å²) in [7, 11) is 0. The summed E-state index contributed by atoms with van der Waals surface area (Å²) in [6.45, 7) is 0.142. The number of fused-ring (bicyclic) bond motifs is 1. The Hall–Kier alpha value is -2.82. The van der Waals surface area contributed by atoms with Gasteiger partial charge in [-0.2, -0.15) is 0 Å². The van der Waals surface area contributed by atoms with Crippen molar-refractivity contribution in [3.05, 3.63) is 71.3 Å². The topological polar surface area (TPSA) is 81.4 Å². The van der Waals surface area contributed by atoms with Gasteiger partial charge in [0.05, 0.1) is 0 Å². The molecule has 124 valence electrons. The van der Waals surface area contributed by atoms with Gasteiger partial charge in [-0.15, -0.1) is 0 Å². The van der Waals surface area contributed by atoms with Crippen molar-refractivity contribution in [1.29, 1.82) is 0 Å². The van der Waals surface area contributed by atoms with Gasteiger partial charge >= 0.3 is 6.09 Å². The molecule has 0 aliphatic heterocycles. The molecule has 2 aromatic carbocycles. The average molecular weight is 324 g/mol. The first-order valence-corrected chi connectivity index (χ1v) is 7.99. The van der Waals surface area contributed by atoms with E-state index < -0.39 is 17.5 Å². The van der Waals surface area contributed by atoms with E-state index in [1.165, 1.54) is 0 Å². The first-order valence-electron chi connectivity index (χ1n) is 7.99. The Balaban J connectivity index is 1.78. The number of hydrogen-bond acceptors (Lipinski definition) is 3. The molecule has 0 saturated carbocycles. The van der Waals surface area contributed by atoms with Gasteiger partial charge in [-0.1, -0.05) is 54.6 Å². The van der Waals surface area contributed by atoms with Gasteiger partial charge in [0.25, 0.3) is 0 Å². The van der Waals surface area contributed by atoms with Crippen molar-refractivity contribution in [2.45, 2.75) is 31.4 Å². The number of benzene rings is 2. The third-order valence-corrected chi connectivity index (χ3v) is 4.42. The predicted octanol–water partition coefficient (Wildman–Crippen LogP) is 2.63. The van der Waals surface area contributed by atoms with E-state index >= 15 is 0 Å². The molecule has 1 atom stereocenters. The molecule has 2 aromatic rings. The molecule has 3 N–H and O–H groups in total. The molecule has 0 heterocycles. The van der Waals surface area contributed by atoms with Crippen LogP contribution in [0.4, 0.5) is 4.79 Å². The van der Waals surface area contributed by atoms with E-state index in [2.05, 4.69) is 5.32 Å². The average Bonchev–Trinajstić information content (AvgIpc) is 2.61. The summed E-state index contributed by atoms with van der Waals surface area (Å²) in [4.78, 5) is 24.5. The first-order chi connectivity index (χ1) is 11.6. The molecule has 5 nitrogen and oxygen atoms in total. The second-order valence-corrected chi connectivity index (χ2v) is 5.97. The molecule has 1 aliphatic rings. The number of carbonyl (C=O) groups excluding carboxylic acids is 2. The van der Waals surface area contributed by atoms with Crippen LogP contribution in [0.3, 0.4) is 0 Å². The van der Waals surface area contributed by atoms with E-state index in [9.17, 15) is 9.59 Å².